The Hall–Kier alpha value is -1.06. The molecule has 14 heteroatoms. The molecule has 0 bridgehead atoms. The number of hydrogen-bond acceptors (Lipinski definition) is 9. The van der Waals surface area contributed by atoms with Gasteiger partial charge in [0.1, 0.15) is 16.3 Å². The summed E-state index contributed by atoms with van der Waals surface area (Å²) in [5.74, 6) is -0.196. The molecule has 3 heterocycles. The van der Waals surface area contributed by atoms with Gasteiger partial charge in [0.15, 0.2) is 22.6 Å². The van der Waals surface area contributed by atoms with E-state index in [2.05, 4.69) is 36.2 Å². The number of aliphatic hydroxyl groups excluding tert-OH is 1. The minimum atomic E-state index is -4.24. The van der Waals surface area contributed by atoms with E-state index in [0.717, 1.165) is 11.8 Å². The van der Waals surface area contributed by atoms with E-state index in [1.807, 2.05) is 6.92 Å². The number of hydrogen-bond donors (Lipinski definition) is 1. The van der Waals surface area contributed by atoms with Crippen LogP contribution in [0, 0.1) is 0 Å². The standard InChI is InChI=1S/C17H21BrF3N5O4S/c1-8-29-12-9(7-10(28-5-4-27)16(12,2)30-8)26-14-11(24-25-26)13(18)22-15(23-14)31-6-3-17(19,20)21/h8-10,12,27H,3-7H2,1-2H3/t8?,9-,10+,12+,16-/m1/s1. The van der Waals surface area contributed by atoms with Crippen molar-refractivity contribution in [2.75, 3.05) is 19.0 Å². The molecule has 1 saturated heterocycles. The van der Waals surface area contributed by atoms with Crippen LogP contribution in [0.2, 0.25) is 0 Å². The highest BCUT2D eigenvalue weighted by molar-refractivity contribution is 9.10. The van der Waals surface area contributed by atoms with Crippen molar-refractivity contribution in [1.82, 2.24) is 25.0 Å². The summed E-state index contributed by atoms with van der Waals surface area (Å²) in [5.41, 5.74) is 0.0229. The Kier molecular flexibility index (Phi) is 6.49. The number of alkyl halides is 3. The van der Waals surface area contributed by atoms with Gasteiger partial charge in [-0.1, -0.05) is 17.0 Å². The second kappa shape index (κ2) is 8.71. The van der Waals surface area contributed by atoms with Crippen molar-refractivity contribution in [2.45, 2.75) is 68.2 Å². The van der Waals surface area contributed by atoms with E-state index in [4.69, 9.17) is 19.3 Å². The predicted molar refractivity (Wildman–Crippen MR) is 107 cm³/mol. The van der Waals surface area contributed by atoms with E-state index in [9.17, 15) is 13.2 Å². The Labute approximate surface area is 188 Å². The molecule has 0 spiro atoms. The Balaban J connectivity index is 1.64. The van der Waals surface area contributed by atoms with Crippen molar-refractivity contribution in [3.63, 3.8) is 0 Å². The SMILES string of the molecule is CC1O[C@H]2[C@H](n3nnc4c(Br)nc(SCCC(F)(F)F)nc43)C[C@H](OCCO)[C@@]2(C)O1. The summed E-state index contributed by atoms with van der Waals surface area (Å²) in [7, 11) is 0. The summed E-state index contributed by atoms with van der Waals surface area (Å²) in [6.07, 6.45) is -5.93. The number of thioether (sulfide) groups is 1. The Morgan fingerprint density at radius 2 is 2.16 bits per heavy atom. The van der Waals surface area contributed by atoms with Gasteiger partial charge < -0.3 is 19.3 Å². The van der Waals surface area contributed by atoms with Crippen LogP contribution in [-0.4, -0.2) is 79.3 Å². The Morgan fingerprint density at radius 1 is 1.39 bits per heavy atom. The predicted octanol–water partition coefficient (Wildman–Crippen LogP) is 2.87. The molecular weight excluding hydrogens is 507 g/mol. The van der Waals surface area contributed by atoms with Gasteiger partial charge >= 0.3 is 6.18 Å². The van der Waals surface area contributed by atoms with Gasteiger partial charge in [0, 0.05) is 12.2 Å². The van der Waals surface area contributed by atoms with Crippen LogP contribution in [-0.2, 0) is 14.2 Å². The molecule has 1 saturated carbocycles. The zero-order chi connectivity index (χ0) is 22.4. The molecule has 172 valence electrons. The summed E-state index contributed by atoms with van der Waals surface area (Å²) < 4.78 is 57.3. The van der Waals surface area contributed by atoms with Crippen LogP contribution >= 0.6 is 27.7 Å². The fourth-order valence-corrected chi connectivity index (χ4v) is 5.45. The number of ether oxygens (including phenoxy) is 3. The zero-order valence-electron chi connectivity index (χ0n) is 16.7. The third kappa shape index (κ3) is 4.55. The smallest absolute Gasteiger partial charge is 0.389 e. The third-order valence-corrected chi connectivity index (χ3v) is 6.77. The first kappa shape index (κ1) is 23.1. The maximum Gasteiger partial charge on any atom is 0.389 e. The van der Waals surface area contributed by atoms with Crippen molar-refractivity contribution < 1.29 is 32.5 Å². The molecule has 2 aliphatic rings. The van der Waals surface area contributed by atoms with E-state index in [-0.39, 0.29) is 36.3 Å². The van der Waals surface area contributed by atoms with Gasteiger partial charge in [0.05, 0.1) is 31.8 Å². The second-order valence-electron chi connectivity index (χ2n) is 7.53. The monoisotopic (exact) mass is 527 g/mol. The van der Waals surface area contributed by atoms with E-state index >= 15 is 0 Å². The molecule has 31 heavy (non-hydrogen) atoms. The van der Waals surface area contributed by atoms with Crippen LogP contribution in [0.15, 0.2) is 9.76 Å². The largest absolute Gasteiger partial charge is 0.394 e. The van der Waals surface area contributed by atoms with Gasteiger partial charge in [0.2, 0.25) is 0 Å². The molecular formula is C17H21BrF3N5O4S. The Bertz CT molecular complexity index is 950. The summed E-state index contributed by atoms with van der Waals surface area (Å²) in [5, 5.41) is 17.7. The molecule has 9 nitrogen and oxygen atoms in total. The van der Waals surface area contributed by atoms with Crippen LogP contribution < -0.4 is 0 Å². The van der Waals surface area contributed by atoms with Gasteiger partial charge in [-0.15, -0.1) is 5.10 Å². The summed E-state index contributed by atoms with van der Waals surface area (Å²) in [6, 6.07) is -0.335. The van der Waals surface area contributed by atoms with Crippen molar-refractivity contribution in [3.8, 4) is 0 Å². The van der Waals surface area contributed by atoms with Crippen LogP contribution in [0.1, 0.15) is 32.7 Å². The normalized spacial score (nSPS) is 30.9. The minimum absolute atomic E-state index is 0.122. The molecule has 2 fully saturated rings. The van der Waals surface area contributed by atoms with E-state index in [1.165, 1.54) is 0 Å². The summed E-state index contributed by atoms with van der Waals surface area (Å²) in [6.45, 7) is 3.72. The lowest BCUT2D eigenvalue weighted by atomic mass is 10.00. The molecule has 5 atom stereocenters. The number of aromatic nitrogens is 5. The average molecular weight is 528 g/mol. The van der Waals surface area contributed by atoms with Crippen molar-refractivity contribution in [2.24, 2.45) is 0 Å². The van der Waals surface area contributed by atoms with E-state index < -0.39 is 30.6 Å². The fraction of sp³-hybridized carbons (Fsp3) is 0.765. The van der Waals surface area contributed by atoms with Gasteiger partial charge in [-0.25, -0.2) is 14.6 Å². The summed E-state index contributed by atoms with van der Waals surface area (Å²) in [4.78, 5) is 8.60. The molecule has 1 unspecified atom stereocenters. The second-order valence-corrected chi connectivity index (χ2v) is 9.34. The molecule has 1 aliphatic carbocycles. The first-order chi connectivity index (χ1) is 14.6. The first-order valence-corrected chi connectivity index (χ1v) is 11.4. The highest BCUT2D eigenvalue weighted by atomic mass is 79.9. The minimum Gasteiger partial charge on any atom is -0.394 e. The quantitative estimate of drug-likeness (QED) is 0.330. The molecule has 0 radical (unpaired) electrons. The number of rotatable bonds is 7. The van der Waals surface area contributed by atoms with Gasteiger partial charge in [-0.05, 0) is 29.8 Å². The number of aliphatic hydroxyl groups is 1. The lowest BCUT2D eigenvalue weighted by Crippen LogP contribution is -2.44. The van der Waals surface area contributed by atoms with Crippen molar-refractivity contribution >= 4 is 38.9 Å². The maximum absolute atomic E-state index is 12.5. The lowest BCUT2D eigenvalue weighted by Gasteiger charge is -2.28. The molecule has 1 aliphatic heterocycles. The summed E-state index contributed by atoms with van der Waals surface area (Å²) >= 11 is 4.22. The highest BCUT2D eigenvalue weighted by Crippen LogP contribution is 2.49. The zero-order valence-corrected chi connectivity index (χ0v) is 19.1. The maximum atomic E-state index is 12.5. The first-order valence-electron chi connectivity index (χ1n) is 9.66. The molecule has 4 rings (SSSR count). The molecule has 2 aromatic rings. The van der Waals surface area contributed by atoms with Crippen molar-refractivity contribution in [3.05, 3.63) is 4.60 Å². The van der Waals surface area contributed by atoms with E-state index in [1.54, 1.807) is 11.6 Å². The van der Waals surface area contributed by atoms with Crippen LogP contribution in [0.25, 0.3) is 11.2 Å². The van der Waals surface area contributed by atoms with Crippen LogP contribution in [0.5, 0.6) is 0 Å². The van der Waals surface area contributed by atoms with E-state index in [0.29, 0.717) is 22.2 Å². The lowest BCUT2D eigenvalue weighted by molar-refractivity contribution is -0.134. The van der Waals surface area contributed by atoms with Crippen molar-refractivity contribution in [1.29, 1.82) is 0 Å². The van der Waals surface area contributed by atoms with Crippen LogP contribution in [0.3, 0.4) is 0 Å². The number of fused-ring (bicyclic) bond motifs is 2. The highest BCUT2D eigenvalue weighted by Gasteiger charge is 2.61. The fourth-order valence-electron chi connectivity index (χ4n) is 4.08. The van der Waals surface area contributed by atoms with Gasteiger partial charge in [0.25, 0.3) is 0 Å². The molecule has 1 N–H and O–H groups in total. The molecule has 0 amide bonds. The number of nitrogens with zero attached hydrogens (tertiary/aromatic N) is 5. The third-order valence-electron chi connectivity index (χ3n) is 5.37. The van der Waals surface area contributed by atoms with Crippen LogP contribution in [0.4, 0.5) is 13.2 Å². The van der Waals surface area contributed by atoms with Gasteiger partial charge in [-0.2, -0.15) is 13.2 Å². The van der Waals surface area contributed by atoms with Gasteiger partial charge in [-0.3, -0.25) is 0 Å². The number of halogens is 4. The Morgan fingerprint density at radius 3 is 2.87 bits per heavy atom. The molecule has 0 aromatic carbocycles. The topological polar surface area (TPSA) is 104 Å². The average Bonchev–Trinajstić information content (AvgIpc) is 3.29. The molecule has 2 aromatic heterocycles.